The van der Waals surface area contributed by atoms with E-state index in [1.807, 2.05) is 55.5 Å². The predicted octanol–water partition coefficient (Wildman–Crippen LogP) is 4.74. The number of carbonyl (C=O) groups is 2. The van der Waals surface area contributed by atoms with Crippen LogP contribution in [0.25, 0.3) is 0 Å². The molecule has 0 spiro atoms. The lowest BCUT2D eigenvalue weighted by molar-refractivity contribution is -0.121. The number of amides is 2. The van der Waals surface area contributed by atoms with Crippen molar-refractivity contribution >= 4 is 27.5 Å². The number of amidine groups is 1. The minimum atomic E-state index is -3.38. The Kier molecular flexibility index (Phi) is 7.27. The first-order valence-corrected chi connectivity index (χ1v) is 14.7. The van der Waals surface area contributed by atoms with Gasteiger partial charge < -0.3 is 9.64 Å². The van der Waals surface area contributed by atoms with Crippen LogP contribution in [0, 0.1) is 6.92 Å². The summed E-state index contributed by atoms with van der Waals surface area (Å²) in [5, 5.41) is 0. The van der Waals surface area contributed by atoms with Gasteiger partial charge in [0.25, 0.3) is 0 Å². The number of ketones is 1. The summed E-state index contributed by atoms with van der Waals surface area (Å²) in [7, 11) is -1.80. The van der Waals surface area contributed by atoms with Crippen molar-refractivity contribution in [2.24, 2.45) is 4.99 Å². The number of hydrogen-bond acceptors (Lipinski definition) is 6. The number of carbonyl (C=O) groups excluding carboxylic acids is 2. The van der Waals surface area contributed by atoms with E-state index in [-0.39, 0.29) is 23.3 Å². The van der Waals surface area contributed by atoms with Crippen LogP contribution in [0.1, 0.15) is 47.2 Å². The Bertz CT molecular complexity index is 1550. The fourth-order valence-corrected chi connectivity index (χ4v) is 5.91. The van der Waals surface area contributed by atoms with Crippen LogP contribution in [0.3, 0.4) is 0 Å². The van der Waals surface area contributed by atoms with Gasteiger partial charge in [0.15, 0.2) is 15.6 Å². The number of aliphatic imine (C=N–C) groups is 1. The first-order valence-electron chi connectivity index (χ1n) is 12.8. The van der Waals surface area contributed by atoms with Crippen molar-refractivity contribution in [1.29, 1.82) is 0 Å². The number of para-hydroxylation sites is 1. The molecule has 9 heteroatoms. The fourth-order valence-electron chi connectivity index (χ4n) is 5.28. The van der Waals surface area contributed by atoms with Crippen molar-refractivity contribution in [3.63, 3.8) is 0 Å². The topological polar surface area (TPSA) is 96.3 Å². The lowest BCUT2D eigenvalue weighted by atomic mass is 9.93. The van der Waals surface area contributed by atoms with E-state index in [4.69, 9.17) is 9.73 Å². The van der Waals surface area contributed by atoms with Gasteiger partial charge >= 0.3 is 6.03 Å². The highest BCUT2D eigenvalue weighted by Crippen LogP contribution is 2.45. The zero-order chi connectivity index (χ0) is 27.7. The molecule has 1 fully saturated rings. The van der Waals surface area contributed by atoms with Crippen LogP contribution in [-0.2, 0) is 14.6 Å². The third-order valence-electron chi connectivity index (χ3n) is 7.18. The molecule has 8 nitrogen and oxygen atoms in total. The molecular weight excluding hydrogens is 514 g/mol. The van der Waals surface area contributed by atoms with Crippen LogP contribution in [0.15, 0.2) is 82.7 Å². The molecule has 2 aliphatic heterocycles. The van der Waals surface area contributed by atoms with Crippen LogP contribution in [0.4, 0.5) is 4.79 Å². The van der Waals surface area contributed by atoms with E-state index in [0.29, 0.717) is 36.5 Å². The molecule has 3 aromatic rings. The van der Waals surface area contributed by atoms with E-state index >= 15 is 0 Å². The molecule has 0 saturated carbocycles. The van der Waals surface area contributed by atoms with Crippen LogP contribution in [-0.4, -0.2) is 62.3 Å². The maximum Gasteiger partial charge on any atom is 0.326 e. The van der Waals surface area contributed by atoms with E-state index in [1.165, 1.54) is 6.26 Å². The Morgan fingerprint density at radius 2 is 1.74 bits per heavy atom. The number of hydrogen-bond donors (Lipinski definition) is 0. The summed E-state index contributed by atoms with van der Waals surface area (Å²) >= 11 is 0. The second-order valence-electron chi connectivity index (χ2n) is 10.0. The smallest absolute Gasteiger partial charge is 0.326 e. The van der Waals surface area contributed by atoms with Crippen molar-refractivity contribution in [3.8, 4) is 5.75 Å². The third-order valence-corrected chi connectivity index (χ3v) is 8.30. The lowest BCUT2D eigenvalue weighted by Gasteiger charge is -2.35. The highest BCUT2D eigenvalue weighted by atomic mass is 32.2. The van der Waals surface area contributed by atoms with Crippen molar-refractivity contribution < 1.29 is 22.7 Å². The maximum atomic E-state index is 14.3. The molecule has 1 saturated heterocycles. The van der Waals surface area contributed by atoms with Crippen LogP contribution < -0.4 is 4.74 Å². The molecule has 3 aromatic carbocycles. The minimum Gasteiger partial charge on any atom is -0.496 e. The number of nitrogens with zero attached hydrogens (tertiary/aromatic N) is 3. The van der Waals surface area contributed by atoms with E-state index in [0.717, 1.165) is 16.7 Å². The first-order chi connectivity index (χ1) is 18.7. The number of likely N-dealkylation sites (tertiary alicyclic amines) is 1. The molecule has 202 valence electrons. The molecule has 0 aromatic heterocycles. The SMILES string of the molecule is COc1ccccc1C1=NC(c2ccc(S(C)(=O)=O)cc2)C(c2cccc(C)c2)N1C(=O)N1CCCC(=O)C1. The summed E-state index contributed by atoms with van der Waals surface area (Å²) in [5.41, 5.74) is 3.35. The molecule has 0 N–H and O–H groups in total. The number of urea groups is 1. The standard InChI is InChI=1S/C30H31N3O5S/c1-20-8-6-9-22(18-20)28-27(21-13-15-24(16-14-21)39(3,36)37)31-29(25-11-4-5-12-26(25)38-2)33(28)30(35)32-17-7-10-23(34)19-32/h4-6,8-9,11-16,18,27-28H,7,10,17,19H2,1-3H3. The molecular formula is C30H31N3O5S. The Morgan fingerprint density at radius 1 is 1.00 bits per heavy atom. The number of Topliss-reactive ketones (excluding diaryl/α,β-unsaturated/α-hetero) is 1. The molecule has 0 aliphatic carbocycles. The molecule has 39 heavy (non-hydrogen) atoms. The Morgan fingerprint density at radius 3 is 2.41 bits per heavy atom. The van der Waals surface area contributed by atoms with Gasteiger partial charge in [-0.15, -0.1) is 0 Å². The zero-order valence-corrected chi connectivity index (χ0v) is 23.0. The summed E-state index contributed by atoms with van der Waals surface area (Å²) in [6, 6.07) is 20.7. The van der Waals surface area contributed by atoms with E-state index in [9.17, 15) is 18.0 Å². The number of rotatable bonds is 5. The zero-order valence-electron chi connectivity index (χ0n) is 22.2. The molecule has 2 amide bonds. The molecule has 2 atom stereocenters. The summed E-state index contributed by atoms with van der Waals surface area (Å²) in [5.74, 6) is 1.05. The van der Waals surface area contributed by atoms with Gasteiger partial charge in [-0.1, -0.05) is 54.1 Å². The van der Waals surface area contributed by atoms with Gasteiger partial charge in [0.1, 0.15) is 17.6 Å². The minimum absolute atomic E-state index is 0.0320. The Hall–Kier alpha value is -3.98. The third kappa shape index (κ3) is 5.31. The number of piperidine rings is 1. The van der Waals surface area contributed by atoms with Crippen molar-refractivity contribution in [2.75, 3.05) is 26.5 Å². The second kappa shape index (κ2) is 10.6. The molecule has 0 radical (unpaired) electrons. The number of ether oxygens (including phenoxy) is 1. The lowest BCUT2D eigenvalue weighted by Crippen LogP contribution is -2.50. The van der Waals surface area contributed by atoms with Crippen molar-refractivity contribution in [3.05, 3.63) is 95.1 Å². The van der Waals surface area contributed by atoms with Gasteiger partial charge in [-0.2, -0.15) is 0 Å². The maximum absolute atomic E-state index is 14.3. The fraction of sp³-hybridized carbons (Fsp3) is 0.300. The first kappa shape index (κ1) is 26.6. The number of sulfone groups is 1. The van der Waals surface area contributed by atoms with Gasteiger partial charge in [-0.3, -0.25) is 14.7 Å². The van der Waals surface area contributed by atoms with Crippen molar-refractivity contribution in [2.45, 2.75) is 36.7 Å². The average molecular weight is 546 g/mol. The van der Waals surface area contributed by atoms with Gasteiger partial charge in [0.2, 0.25) is 0 Å². The van der Waals surface area contributed by atoms with Gasteiger partial charge in [-0.25, -0.2) is 13.2 Å². The summed E-state index contributed by atoms with van der Waals surface area (Å²) in [6.45, 7) is 2.53. The van der Waals surface area contributed by atoms with E-state index < -0.39 is 21.9 Å². The second-order valence-corrected chi connectivity index (χ2v) is 12.0. The molecule has 5 rings (SSSR count). The number of methoxy groups -OCH3 is 1. The van der Waals surface area contributed by atoms with Gasteiger partial charge in [0, 0.05) is 19.2 Å². The predicted molar refractivity (Wildman–Crippen MR) is 149 cm³/mol. The molecule has 2 unspecified atom stereocenters. The largest absolute Gasteiger partial charge is 0.496 e. The Labute approximate surface area is 228 Å². The Balaban J connectivity index is 1.70. The monoisotopic (exact) mass is 545 g/mol. The van der Waals surface area contributed by atoms with Crippen LogP contribution >= 0.6 is 0 Å². The quantitative estimate of drug-likeness (QED) is 0.462. The summed E-state index contributed by atoms with van der Waals surface area (Å²) in [6.07, 6.45) is 2.25. The van der Waals surface area contributed by atoms with E-state index in [1.54, 1.807) is 41.2 Å². The van der Waals surface area contributed by atoms with Gasteiger partial charge in [0.05, 0.1) is 30.2 Å². The highest BCUT2D eigenvalue weighted by molar-refractivity contribution is 7.90. The van der Waals surface area contributed by atoms with Crippen LogP contribution in [0.5, 0.6) is 5.75 Å². The normalized spacial score (nSPS) is 19.7. The number of benzene rings is 3. The molecule has 2 aliphatic rings. The van der Waals surface area contributed by atoms with Gasteiger partial charge in [-0.05, 0) is 48.7 Å². The summed E-state index contributed by atoms with van der Waals surface area (Å²) in [4.78, 5) is 35.2. The van der Waals surface area contributed by atoms with Crippen LogP contribution in [0.2, 0.25) is 0 Å². The average Bonchev–Trinajstić information content (AvgIpc) is 3.32. The number of aryl methyl sites for hydroxylation is 1. The van der Waals surface area contributed by atoms with E-state index in [2.05, 4.69) is 0 Å². The summed E-state index contributed by atoms with van der Waals surface area (Å²) < 4.78 is 29.9. The highest BCUT2D eigenvalue weighted by Gasteiger charge is 2.45. The molecule has 2 heterocycles. The molecule has 0 bridgehead atoms. The van der Waals surface area contributed by atoms with Crippen molar-refractivity contribution in [1.82, 2.24) is 9.80 Å².